The molecule has 4 N–H and O–H groups in total. The van der Waals surface area contributed by atoms with E-state index in [1.165, 1.54) is 36.0 Å². The van der Waals surface area contributed by atoms with Gasteiger partial charge in [0, 0.05) is 27.5 Å². The zero-order valence-corrected chi connectivity index (χ0v) is 17.4. The van der Waals surface area contributed by atoms with E-state index in [-0.39, 0.29) is 29.3 Å². The van der Waals surface area contributed by atoms with Crippen molar-refractivity contribution in [2.45, 2.75) is 28.6 Å². The summed E-state index contributed by atoms with van der Waals surface area (Å²) in [4.78, 5) is 35.4. The van der Waals surface area contributed by atoms with Gasteiger partial charge in [-0.3, -0.25) is 14.4 Å². The SMILES string of the molecule is O=C(O)CNC(=O)C1(O)CC(Sc2cc(C(=O)Nc3ccc(F)c(F)c3)ccc2Cl)C1. The number of rotatable bonds is 7. The Morgan fingerprint density at radius 3 is 2.48 bits per heavy atom. The number of hydrogen-bond acceptors (Lipinski definition) is 5. The van der Waals surface area contributed by atoms with Crippen LogP contribution in [0.4, 0.5) is 14.5 Å². The number of carboxylic acids is 1. The number of hydrogen-bond donors (Lipinski definition) is 4. The van der Waals surface area contributed by atoms with Gasteiger partial charge < -0.3 is 20.8 Å². The monoisotopic (exact) mass is 470 g/mol. The van der Waals surface area contributed by atoms with Crippen molar-refractivity contribution < 1.29 is 33.4 Å². The number of benzene rings is 2. The van der Waals surface area contributed by atoms with E-state index >= 15 is 0 Å². The summed E-state index contributed by atoms with van der Waals surface area (Å²) in [6, 6.07) is 7.49. The highest BCUT2D eigenvalue weighted by molar-refractivity contribution is 8.00. The normalized spacial score (nSPS) is 19.9. The Morgan fingerprint density at radius 2 is 1.84 bits per heavy atom. The van der Waals surface area contributed by atoms with Crippen LogP contribution in [0.25, 0.3) is 0 Å². The van der Waals surface area contributed by atoms with Crippen LogP contribution in [0, 0.1) is 11.6 Å². The molecule has 0 aromatic heterocycles. The van der Waals surface area contributed by atoms with Gasteiger partial charge in [0.25, 0.3) is 11.8 Å². The Kier molecular flexibility index (Phi) is 6.83. The molecule has 0 radical (unpaired) electrons. The van der Waals surface area contributed by atoms with Crippen molar-refractivity contribution >= 4 is 46.8 Å². The molecule has 2 aromatic rings. The lowest BCUT2D eigenvalue weighted by Crippen LogP contribution is -2.57. The van der Waals surface area contributed by atoms with Gasteiger partial charge in [-0.1, -0.05) is 11.6 Å². The second-order valence-corrected chi connectivity index (χ2v) is 8.73. The number of carbonyl (C=O) groups excluding carboxylic acids is 2. The number of thioether (sulfide) groups is 1. The minimum atomic E-state index is -1.65. The van der Waals surface area contributed by atoms with Crippen molar-refractivity contribution in [2.24, 2.45) is 0 Å². The maximum Gasteiger partial charge on any atom is 0.322 e. The molecule has 0 bridgehead atoms. The lowest BCUT2D eigenvalue weighted by atomic mass is 9.79. The molecular formula is C20H17ClF2N2O5S. The minimum absolute atomic E-state index is 0.0875. The molecule has 0 spiro atoms. The predicted molar refractivity (Wildman–Crippen MR) is 110 cm³/mol. The van der Waals surface area contributed by atoms with Crippen molar-refractivity contribution in [3.05, 3.63) is 58.6 Å². The fraction of sp³-hybridized carbons (Fsp3) is 0.250. The number of aliphatic hydroxyl groups is 1. The van der Waals surface area contributed by atoms with Gasteiger partial charge in [0.1, 0.15) is 12.1 Å². The summed E-state index contributed by atoms with van der Waals surface area (Å²) in [5, 5.41) is 23.7. The molecule has 0 aliphatic heterocycles. The van der Waals surface area contributed by atoms with Gasteiger partial charge in [-0.15, -0.1) is 11.8 Å². The third-order valence-electron chi connectivity index (χ3n) is 4.62. The summed E-state index contributed by atoms with van der Waals surface area (Å²) in [5.41, 5.74) is -1.34. The average Bonchev–Trinajstić information content (AvgIpc) is 2.69. The summed E-state index contributed by atoms with van der Waals surface area (Å²) in [6.45, 7) is -0.583. The standard InChI is InChI=1S/C20H17ClF2N2O5S/c21-13-3-1-10(18(28)25-11-2-4-14(22)15(23)6-11)5-16(13)31-12-7-20(30,8-12)19(29)24-9-17(26)27/h1-6,12,30H,7-9H2,(H,24,29)(H,25,28)(H,26,27). The minimum Gasteiger partial charge on any atom is -0.480 e. The second-order valence-electron chi connectivity index (χ2n) is 6.98. The molecule has 2 amide bonds. The fourth-order valence-electron chi connectivity index (χ4n) is 2.97. The Labute approximate surface area is 184 Å². The molecule has 1 fully saturated rings. The third kappa shape index (κ3) is 5.52. The number of nitrogens with one attached hydrogen (secondary N) is 2. The Morgan fingerprint density at radius 1 is 1.13 bits per heavy atom. The molecule has 2 aromatic carbocycles. The molecule has 1 aliphatic carbocycles. The Hall–Kier alpha value is -2.69. The number of amides is 2. The van der Waals surface area contributed by atoms with Crippen molar-refractivity contribution in [3.8, 4) is 0 Å². The van der Waals surface area contributed by atoms with E-state index in [1.54, 1.807) is 0 Å². The van der Waals surface area contributed by atoms with E-state index in [4.69, 9.17) is 16.7 Å². The van der Waals surface area contributed by atoms with Crippen molar-refractivity contribution in [3.63, 3.8) is 0 Å². The van der Waals surface area contributed by atoms with E-state index < -0.39 is 41.6 Å². The van der Waals surface area contributed by atoms with Crippen molar-refractivity contribution in [1.29, 1.82) is 0 Å². The Balaban J connectivity index is 1.62. The predicted octanol–water partition coefficient (Wildman–Crippen LogP) is 3.06. The maximum absolute atomic E-state index is 13.3. The molecule has 31 heavy (non-hydrogen) atoms. The molecule has 7 nitrogen and oxygen atoms in total. The molecular weight excluding hydrogens is 454 g/mol. The van der Waals surface area contributed by atoms with Gasteiger partial charge >= 0.3 is 5.97 Å². The van der Waals surface area contributed by atoms with E-state index in [0.29, 0.717) is 9.92 Å². The molecule has 1 saturated carbocycles. The fourth-order valence-corrected chi connectivity index (χ4v) is 4.68. The summed E-state index contributed by atoms with van der Waals surface area (Å²) < 4.78 is 26.3. The molecule has 0 heterocycles. The summed E-state index contributed by atoms with van der Waals surface area (Å²) >= 11 is 7.46. The van der Waals surface area contributed by atoms with Gasteiger partial charge in [0.05, 0.1) is 5.02 Å². The highest BCUT2D eigenvalue weighted by Gasteiger charge is 2.49. The number of carbonyl (C=O) groups is 3. The maximum atomic E-state index is 13.3. The van der Waals surface area contributed by atoms with Gasteiger partial charge in [0.2, 0.25) is 0 Å². The molecule has 1 aliphatic rings. The zero-order valence-electron chi connectivity index (χ0n) is 15.8. The number of carboxylic acid groups (broad SMARTS) is 1. The van der Waals surface area contributed by atoms with Crippen molar-refractivity contribution in [2.75, 3.05) is 11.9 Å². The first-order valence-corrected chi connectivity index (χ1v) is 10.3. The average molecular weight is 471 g/mol. The highest BCUT2D eigenvalue weighted by Crippen LogP contribution is 2.45. The second kappa shape index (κ2) is 9.21. The van der Waals surface area contributed by atoms with Gasteiger partial charge in [-0.25, -0.2) is 8.78 Å². The van der Waals surface area contributed by atoms with E-state index in [1.807, 2.05) is 0 Å². The van der Waals surface area contributed by atoms with Gasteiger partial charge in [-0.2, -0.15) is 0 Å². The largest absolute Gasteiger partial charge is 0.480 e. The van der Waals surface area contributed by atoms with Crippen molar-refractivity contribution in [1.82, 2.24) is 5.32 Å². The smallest absolute Gasteiger partial charge is 0.322 e. The van der Waals surface area contributed by atoms with Gasteiger partial charge in [-0.05, 0) is 43.2 Å². The first-order chi connectivity index (χ1) is 14.6. The number of anilines is 1. The summed E-state index contributed by atoms with van der Waals surface area (Å²) in [6.07, 6.45) is 0.176. The lowest BCUT2D eigenvalue weighted by molar-refractivity contribution is -0.150. The lowest BCUT2D eigenvalue weighted by Gasteiger charge is -2.41. The van der Waals surface area contributed by atoms with Gasteiger partial charge in [0.15, 0.2) is 11.6 Å². The third-order valence-corrected chi connectivity index (χ3v) is 6.32. The van der Waals surface area contributed by atoms with Crippen LogP contribution in [0.2, 0.25) is 5.02 Å². The van der Waals surface area contributed by atoms with Crippen LogP contribution in [0.1, 0.15) is 23.2 Å². The van der Waals surface area contributed by atoms with Crippen LogP contribution in [0.5, 0.6) is 0 Å². The zero-order chi connectivity index (χ0) is 22.8. The molecule has 164 valence electrons. The van der Waals surface area contributed by atoms with Crippen LogP contribution in [-0.4, -0.2) is 45.4 Å². The molecule has 3 rings (SSSR count). The van der Waals surface area contributed by atoms with Crippen LogP contribution in [0.3, 0.4) is 0 Å². The van der Waals surface area contributed by atoms with Crippen LogP contribution in [0.15, 0.2) is 41.3 Å². The molecule has 0 unspecified atom stereocenters. The van der Waals surface area contributed by atoms with Crippen LogP contribution < -0.4 is 10.6 Å². The number of aliphatic carboxylic acids is 1. The molecule has 0 saturated heterocycles. The molecule has 0 atom stereocenters. The topological polar surface area (TPSA) is 116 Å². The highest BCUT2D eigenvalue weighted by atomic mass is 35.5. The Bertz CT molecular complexity index is 1050. The number of halogens is 3. The quantitative estimate of drug-likeness (QED) is 0.494. The van der Waals surface area contributed by atoms with E-state index in [0.717, 1.165) is 12.1 Å². The first kappa shape index (κ1) is 23.0. The first-order valence-electron chi connectivity index (χ1n) is 9.02. The van der Waals surface area contributed by atoms with E-state index in [9.17, 15) is 28.3 Å². The van der Waals surface area contributed by atoms with E-state index in [2.05, 4.69) is 10.6 Å². The van der Waals surface area contributed by atoms with Crippen LogP contribution in [-0.2, 0) is 9.59 Å². The summed E-state index contributed by atoms with van der Waals surface area (Å²) in [7, 11) is 0. The molecule has 11 heteroatoms. The van der Waals surface area contributed by atoms with Crippen LogP contribution >= 0.6 is 23.4 Å². The summed E-state index contributed by atoms with van der Waals surface area (Å²) in [5.74, 6) is -4.64.